The van der Waals surface area contributed by atoms with Crippen LogP contribution in [0.3, 0.4) is 0 Å². The van der Waals surface area contributed by atoms with Crippen LogP contribution in [0.15, 0.2) is 27.5 Å². The van der Waals surface area contributed by atoms with Gasteiger partial charge >= 0.3 is 0 Å². The maximum Gasteiger partial charge on any atom is 0.285 e. The Morgan fingerprint density at radius 1 is 1.47 bits per heavy atom. The van der Waals surface area contributed by atoms with E-state index in [0.717, 1.165) is 6.07 Å². The number of anilines is 1. The Morgan fingerprint density at radius 2 is 2.20 bits per heavy atom. The Balaban J connectivity index is 2.70. The Morgan fingerprint density at radius 3 is 2.87 bits per heavy atom. The minimum Gasteiger partial charge on any atom is -0.331 e. The maximum absolute atomic E-state index is 12.9. The molecule has 0 saturated carbocycles. The summed E-state index contributed by atoms with van der Waals surface area (Å²) in [4.78, 5) is 1.57. The van der Waals surface area contributed by atoms with Gasteiger partial charge in [-0.05, 0) is 25.1 Å². The molecule has 0 N–H and O–H groups in total. The predicted octanol–water partition coefficient (Wildman–Crippen LogP) is 1.38. The predicted molar refractivity (Wildman–Crippen MR) is 55.1 cm³/mol. The van der Waals surface area contributed by atoms with Crippen LogP contribution < -0.4 is 4.90 Å². The topological polar surface area (TPSA) is 49.7 Å². The molecule has 0 bridgehead atoms. The number of benzene rings is 1. The Bertz CT molecular complexity index is 525. The first-order valence-corrected chi connectivity index (χ1v) is 5.85. The molecular weight excluding hydrogens is 219 g/mol. The van der Waals surface area contributed by atoms with Gasteiger partial charge in [-0.1, -0.05) is 0 Å². The zero-order chi connectivity index (χ0) is 11.1. The molecule has 1 aliphatic heterocycles. The Kier molecular flexibility index (Phi) is 2.22. The highest BCUT2D eigenvalue weighted by Gasteiger charge is 2.24. The first-order valence-electron chi connectivity index (χ1n) is 4.41. The number of hydrogen-bond donors (Lipinski definition) is 0. The molecular formula is C9H9FN2O2S. The SMILES string of the molecule is CCN1C=NS(=O)(=O)c2cc(F)ccc21. The number of fused-ring (bicyclic) bond motifs is 1. The van der Waals surface area contributed by atoms with Crippen molar-refractivity contribution in [3.05, 3.63) is 24.0 Å². The molecule has 6 heteroatoms. The summed E-state index contributed by atoms with van der Waals surface area (Å²) in [5.41, 5.74) is 0.467. The van der Waals surface area contributed by atoms with Crippen LogP contribution in [0.25, 0.3) is 0 Å². The van der Waals surface area contributed by atoms with Gasteiger partial charge in [0.2, 0.25) is 0 Å². The molecule has 0 unspecified atom stereocenters. The van der Waals surface area contributed by atoms with Gasteiger partial charge in [-0.15, -0.1) is 4.40 Å². The zero-order valence-corrected chi connectivity index (χ0v) is 8.83. The third-order valence-electron chi connectivity index (χ3n) is 2.18. The quantitative estimate of drug-likeness (QED) is 0.729. The van der Waals surface area contributed by atoms with Crippen LogP contribution in [0, 0.1) is 5.82 Å². The summed E-state index contributed by atoms with van der Waals surface area (Å²) < 4.78 is 39.3. The summed E-state index contributed by atoms with van der Waals surface area (Å²) in [5, 5.41) is 0. The van der Waals surface area contributed by atoms with Crippen molar-refractivity contribution in [1.82, 2.24) is 0 Å². The average molecular weight is 228 g/mol. The van der Waals surface area contributed by atoms with Crippen LogP contribution in [-0.2, 0) is 10.0 Å². The molecule has 0 aliphatic carbocycles. The van der Waals surface area contributed by atoms with E-state index >= 15 is 0 Å². The van der Waals surface area contributed by atoms with Crippen LogP contribution in [0.2, 0.25) is 0 Å². The smallest absolute Gasteiger partial charge is 0.285 e. The van der Waals surface area contributed by atoms with Crippen LogP contribution in [-0.4, -0.2) is 21.3 Å². The lowest BCUT2D eigenvalue weighted by atomic mass is 10.3. The van der Waals surface area contributed by atoms with Crippen LogP contribution in [0.1, 0.15) is 6.92 Å². The number of rotatable bonds is 1. The van der Waals surface area contributed by atoms with Gasteiger partial charge in [0.05, 0.1) is 5.69 Å². The maximum atomic E-state index is 12.9. The second-order valence-electron chi connectivity index (χ2n) is 3.09. The molecule has 0 saturated heterocycles. The average Bonchev–Trinajstić information content (AvgIpc) is 2.19. The normalized spacial score (nSPS) is 17.6. The van der Waals surface area contributed by atoms with E-state index in [9.17, 15) is 12.8 Å². The summed E-state index contributed by atoms with van der Waals surface area (Å²) in [5.74, 6) is -0.578. The van der Waals surface area contributed by atoms with Crippen molar-refractivity contribution >= 4 is 22.0 Å². The lowest BCUT2D eigenvalue weighted by molar-refractivity contribution is 0.591. The van der Waals surface area contributed by atoms with Crippen LogP contribution in [0.5, 0.6) is 0 Å². The molecule has 0 spiro atoms. The summed E-state index contributed by atoms with van der Waals surface area (Å²) in [6.45, 7) is 2.44. The van der Waals surface area contributed by atoms with E-state index in [1.165, 1.54) is 18.5 Å². The van der Waals surface area contributed by atoms with Gasteiger partial charge in [-0.2, -0.15) is 8.42 Å². The first kappa shape index (κ1) is 10.1. The highest BCUT2D eigenvalue weighted by atomic mass is 32.2. The van der Waals surface area contributed by atoms with E-state index in [4.69, 9.17) is 0 Å². The van der Waals surface area contributed by atoms with Crippen molar-refractivity contribution in [3.63, 3.8) is 0 Å². The molecule has 4 nitrogen and oxygen atoms in total. The largest absolute Gasteiger partial charge is 0.331 e. The van der Waals surface area contributed by atoms with E-state index in [1.54, 1.807) is 4.90 Å². The lowest BCUT2D eigenvalue weighted by Gasteiger charge is -2.23. The van der Waals surface area contributed by atoms with E-state index in [-0.39, 0.29) is 4.90 Å². The van der Waals surface area contributed by atoms with Crippen molar-refractivity contribution in [1.29, 1.82) is 0 Å². The Hall–Kier alpha value is -1.43. The fraction of sp³-hybridized carbons (Fsp3) is 0.222. The number of nitrogens with zero attached hydrogens (tertiary/aromatic N) is 2. The second kappa shape index (κ2) is 3.30. The van der Waals surface area contributed by atoms with Gasteiger partial charge < -0.3 is 4.90 Å². The summed E-state index contributed by atoms with van der Waals surface area (Å²) >= 11 is 0. The molecule has 0 amide bonds. The third-order valence-corrected chi connectivity index (χ3v) is 3.43. The van der Waals surface area contributed by atoms with Crippen LogP contribution >= 0.6 is 0 Å². The lowest BCUT2D eigenvalue weighted by Crippen LogP contribution is -2.26. The summed E-state index contributed by atoms with van der Waals surface area (Å²) in [6.07, 6.45) is 1.25. The van der Waals surface area contributed by atoms with Gasteiger partial charge in [0.15, 0.2) is 0 Å². The van der Waals surface area contributed by atoms with Crippen molar-refractivity contribution in [2.24, 2.45) is 4.40 Å². The molecule has 80 valence electrons. The molecule has 0 aromatic heterocycles. The first-order chi connectivity index (χ1) is 7.04. The molecule has 1 aromatic rings. The molecule has 0 fully saturated rings. The number of halogens is 1. The molecule has 0 radical (unpaired) electrons. The highest BCUT2D eigenvalue weighted by Crippen LogP contribution is 2.29. The minimum atomic E-state index is -3.72. The number of sulfonamides is 1. The summed E-state index contributed by atoms with van der Waals surface area (Å²) in [7, 11) is -3.72. The fourth-order valence-electron chi connectivity index (χ4n) is 1.42. The fourth-order valence-corrected chi connectivity index (χ4v) is 2.48. The number of hydrogen-bond acceptors (Lipinski definition) is 3. The highest BCUT2D eigenvalue weighted by molar-refractivity contribution is 7.90. The van der Waals surface area contributed by atoms with E-state index < -0.39 is 15.8 Å². The van der Waals surface area contributed by atoms with Crippen molar-refractivity contribution in [3.8, 4) is 0 Å². The van der Waals surface area contributed by atoms with E-state index in [0.29, 0.717) is 12.2 Å². The van der Waals surface area contributed by atoms with Crippen molar-refractivity contribution < 1.29 is 12.8 Å². The van der Waals surface area contributed by atoms with Gasteiger partial charge in [0.25, 0.3) is 10.0 Å². The molecule has 2 rings (SSSR count). The van der Waals surface area contributed by atoms with Crippen LogP contribution in [0.4, 0.5) is 10.1 Å². The molecule has 1 aliphatic rings. The van der Waals surface area contributed by atoms with Gasteiger partial charge in [-0.25, -0.2) is 4.39 Å². The molecule has 0 atom stereocenters. The van der Waals surface area contributed by atoms with E-state index in [2.05, 4.69) is 4.40 Å². The van der Waals surface area contributed by atoms with Gasteiger partial charge in [0.1, 0.15) is 17.1 Å². The zero-order valence-electron chi connectivity index (χ0n) is 8.01. The molecule has 1 heterocycles. The molecule has 15 heavy (non-hydrogen) atoms. The minimum absolute atomic E-state index is 0.0770. The van der Waals surface area contributed by atoms with E-state index in [1.807, 2.05) is 6.92 Å². The third kappa shape index (κ3) is 1.61. The summed E-state index contributed by atoms with van der Waals surface area (Å²) in [6, 6.07) is 3.66. The standard InChI is InChI=1S/C9H9FN2O2S/c1-2-12-6-11-15(13,14)9-5-7(10)3-4-8(9)12/h3-6H,2H2,1H3. The van der Waals surface area contributed by atoms with Gasteiger partial charge in [0, 0.05) is 6.54 Å². The molecule has 1 aromatic carbocycles. The Labute approximate surface area is 87.1 Å². The van der Waals surface area contributed by atoms with Crippen molar-refractivity contribution in [2.75, 3.05) is 11.4 Å². The van der Waals surface area contributed by atoms with Gasteiger partial charge in [-0.3, -0.25) is 0 Å². The second-order valence-corrected chi connectivity index (χ2v) is 4.69. The monoisotopic (exact) mass is 228 g/mol. The van der Waals surface area contributed by atoms with Crippen molar-refractivity contribution in [2.45, 2.75) is 11.8 Å².